The van der Waals surface area contributed by atoms with Crippen molar-refractivity contribution in [2.24, 2.45) is 0 Å². The van der Waals surface area contributed by atoms with Gasteiger partial charge in [0.05, 0.1) is 22.2 Å². The maximum absolute atomic E-state index is 13.7. The number of hydrogen-bond donors (Lipinski definition) is 2. The number of rotatable bonds is 9. The van der Waals surface area contributed by atoms with Gasteiger partial charge in [0.15, 0.2) is 16.6 Å². The van der Waals surface area contributed by atoms with Crippen molar-refractivity contribution < 1.29 is 4.39 Å². The third-order valence-electron chi connectivity index (χ3n) is 6.26. The van der Waals surface area contributed by atoms with Gasteiger partial charge in [0, 0.05) is 10.4 Å². The second-order valence-electron chi connectivity index (χ2n) is 9.13. The molecule has 0 bridgehead atoms. The number of hydrogen-bond acceptors (Lipinski definition) is 5. The van der Waals surface area contributed by atoms with Gasteiger partial charge in [-0.05, 0) is 88.0 Å². The Morgan fingerprint density at radius 1 is 1.08 bits per heavy atom. The van der Waals surface area contributed by atoms with E-state index in [1.54, 1.807) is 6.07 Å². The summed E-state index contributed by atoms with van der Waals surface area (Å²) >= 11 is 1.11. The van der Waals surface area contributed by atoms with Gasteiger partial charge in [-0.3, -0.25) is 5.10 Å². The first-order valence-corrected chi connectivity index (χ1v) is 13.0. The zero-order chi connectivity index (χ0) is 25.9. The highest BCUT2D eigenvalue weighted by molar-refractivity contribution is 7.14. The number of aromatic amines is 2. The number of benzene rings is 1. The summed E-state index contributed by atoms with van der Waals surface area (Å²) in [5.41, 5.74) is 7.79. The van der Waals surface area contributed by atoms with Crippen molar-refractivity contribution in [1.29, 1.82) is 0 Å². The van der Waals surface area contributed by atoms with Crippen LogP contribution >= 0.6 is 11.3 Å². The van der Waals surface area contributed by atoms with Gasteiger partial charge in [0.2, 0.25) is 0 Å². The van der Waals surface area contributed by atoms with Gasteiger partial charge in [-0.1, -0.05) is 30.9 Å². The first-order chi connectivity index (χ1) is 18.0. The molecule has 0 unspecified atom stereocenters. The lowest BCUT2D eigenvalue weighted by Crippen LogP contribution is -2.12. The van der Waals surface area contributed by atoms with Crippen molar-refractivity contribution in [3.05, 3.63) is 83.7 Å². The van der Waals surface area contributed by atoms with E-state index in [1.807, 2.05) is 43.3 Å². The lowest BCUT2D eigenvalue weighted by atomic mass is 10.0. The van der Waals surface area contributed by atoms with E-state index >= 15 is 0 Å². The second-order valence-corrected chi connectivity index (χ2v) is 10.2. The molecule has 0 fully saturated rings. The van der Waals surface area contributed by atoms with Crippen molar-refractivity contribution in [2.45, 2.75) is 19.8 Å². The minimum absolute atomic E-state index is 0.219. The molecule has 0 aliphatic rings. The third kappa shape index (κ3) is 5.16. The molecule has 0 saturated heterocycles. The molecule has 0 aliphatic carbocycles. The number of para-hydroxylation sites is 1. The number of pyridine rings is 1. The van der Waals surface area contributed by atoms with E-state index in [9.17, 15) is 4.39 Å². The van der Waals surface area contributed by atoms with Gasteiger partial charge in [-0.25, -0.2) is 9.97 Å². The lowest BCUT2D eigenvalue weighted by molar-refractivity contribution is 0.400. The van der Waals surface area contributed by atoms with Crippen LogP contribution in [-0.4, -0.2) is 50.7 Å². The Labute approximate surface area is 219 Å². The van der Waals surface area contributed by atoms with Crippen LogP contribution < -0.4 is 0 Å². The molecular weight excluding hydrogens is 483 g/mol. The molecule has 0 spiro atoms. The lowest BCUT2D eigenvalue weighted by Gasteiger charge is -2.10. The molecule has 0 radical (unpaired) electrons. The van der Waals surface area contributed by atoms with Crippen LogP contribution in [0.1, 0.15) is 25.5 Å². The Morgan fingerprint density at radius 2 is 1.95 bits per heavy atom. The average molecular weight is 513 g/mol. The average Bonchev–Trinajstić information content (AvgIpc) is 3.62. The van der Waals surface area contributed by atoms with Crippen LogP contribution in [0, 0.1) is 5.13 Å². The molecule has 0 atom stereocenters. The Hall–Kier alpha value is -3.88. The minimum Gasteiger partial charge on any atom is -0.336 e. The molecule has 2 N–H and O–H groups in total. The van der Waals surface area contributed by atoms with Crippen molar-refractivity contribution in [1.82, 2.24) is 30.0 Å². The minimum atomic E-state index is -0.219. The molecule has 5 aromatic rings. The summed E-state index contributed by atoms with van der Waals surface area (Å²) in [7, 11) is 4.17. The maximum Gasteiger partial charge on any atom is 0.176 e. The summed E-state index contributed by atoms with van der Waals surface area (Å²) in [4.78, 5) is 16.2. The molecule has 4 aromatic heterocycles. The number of fused-ring (bicyclic) bond motifs is 2. The molecule has 0 saturated carbocycles. The first kappa shape index (κ1) is 24.8. The predicted molar refractivity (Wildman–Crippen MR) is 152 cm³/mol. The molecule has 0 amide bonds. The number of nitrogens with one attached hydrogen (secondary N) is 2. The number of aromatic nitrogens is 5. The molecule has 1 aromatic carbocycles. The van der Waals surface area contributed by atoms with Crippen LogP contribution in [0.3, 0.4) is 0 Å². The Balaban J connectivity index is 1.52. The molecule has 4 heterocycles. The van der Waals surface area contributed by atoms with Crippen molar-refractivity contribution >= 4 is 39.0 Å². The van der Waals surface area contributed by atoms with Gasteiger partial charge in [-0.2, -0.15) is 9.49 Å². The van der Waals surface area contributed by atoms with Crippen LogP contribution in [0.15, 0.2) is 72.8 Å². The van der Waals surface area contributed by atoms with E-state index in [-0.39, 0.29) is 5.13 Å². The number of imidazole rings is 1. The SMILES string of the molecule is C=C/C(=C\C(=C/C)c1ccc2[nH]nc(-c3nc4c(-c5ccc(F)s5)cccc4[nH]3)c2n1)CCCN(C)C. The summed E-state index contributed by atoms with van der Waals surface area (Å²) in [6, 6.07) is 13.1. The summed E-state index contributed by atoms with van der Waals surface area (Å²) < 4.78 is 13.7. The number of H-pyrrole nitrogens is 2. The first-order valence-electron chi connectivity index (χ1n) is 12.2. The molecule has 6 nitrogen and oxygen atoms in total. The quantitative estimate of drug-likeness (QED) is 0.204. The van der Waals surface area contributed by atoms with Gasteiger partial charge in [0.1, 0.15) is 5.52 Å². The highest BCUT2D eigenvalue weighted by Crippen LogP contribution is 2.34. The Morgan fingerprint density at radius 3 is 2.68 bits per heavy atom. The number of nitrogens with zero attached hydrogens (tertiary/aromatic N) is 4. The highest BCUT2D eigenvalue weighted by Gasteiger charge is 2.17. The highest BCUT2D eigenvalue weighted by atomic mass is 32.1. The monoisotopic (exact) mass is 512 g/mol. The molecule has 5 rings (SSSR count). The standard InChI is InChI=1S/C29H29FN6S/c1-5-18(9-8-16-36(3)4)17-19(6-2)21-12-13-23-27(31-21)28(35-34-23)29-32-22-11-7-10-20(26(22)33-29)24-14-15-25(30)37-24/h5-7,10-15,17H,1,8-9,16H2,2-4H3,(H,32,33)(H,34,35)/b18-17+,19-6+. The predicted octanol–water partition coefficient (Wildman–Crippen LogP) is 7.23. The third-order valence-corrected chi connectivity index (χ3v) is 7.17. The van der Waals surface area contributed by atoms with Crippen LogP contribution in [0.25, 0.3) is 49.6 Å². The summed E-state index contributed by atoms with van der Waals surface area (Å²) in [5.74, 6) is 0.614. The Kier molecular flexibility index (Phi) is 7.12. The maximum atomic E-state index is 13.7. The van der Waals surface area contributed by atoms with E-state index in [2.05, 4.69) is 52.9 Å². The van der Waals surface area contributed by atoms with E-state index < -0.39 is 0 Å². The van der Waals surface area contributed by atoms with Crippen LogP contribution in [0.4, 0.5) is 4.39 Å². The fourth-order valence-corrected chi connectivity index (χ4v) is 5.12. The van der Waals surface area contributed by atoms with E-state index in [1.165, 1.54) is 11.6 Å². The van der Waals surface area contributed by atoms with E-state index in [0.29, 0.717) is 11.5 Å². The zero-order valence-corrected chi connectivity index (χ0v) is 22.0. The van der Waals surface area contributed by atoms with Gasteiger partial charge >= 0.3 is 0 Å². The molecule has 188 valence electrons. The summed E-state index contributed by atoms with van der Waals surface area (Å²) in [6.45, 7) is 7.05. The van der Waals surface area contributed by atoms with E-state index in [4.69, 9.17) is 9.97 Å². The topological polar surface area (TPSA) is 73.5 Å². The van der Waals surface area contributed by atoms with Gasteiger partial charge in [0.25, 0.3) is 0 Å². The van der Waals surface area contributed by atoms with Crippen LogP contribution in [0.2, 0.25) is 0 Å². The zero-order valence-electron chi connectivity index (χ0n) is 21.2. The summed E-state index contributed by atoms with van der Waals surface area (Å²) in [5, 5.41) is 7.39. The number of thiophene rings is 1. The smallest absolute Gasteiger partial charge is 0.176 e. The van der Waals surface area contributed by atoms with Crippen LogP contribution in [-0.2, 0) is 0 Å². The fraction of sp³-hybridized carbons (Fsp3) is 0.207. The normalized spacial score (nSPS) is 12.8. The van der Waals surface area contributed by atoms with E-state index in [0.717, 1.165) is 74.5 Å². The second kappa shape index (κ2) is 10.6. The van der Waals surface area contributed by atoms with Crippen LogP contribution in [0.5, 0.6) is 0 Å². The number of halogens is 1. The summed E-state index contributed by atoms with van der Waals surface area (Å²) in [6.07, 6.45) is 8.16. The molecule has 0 aliphatic heterocycles. The molecule has 8 heteroatoms. The van der Waals surface area contributed by atoms with Gasteiger partial charge < -0.3 is 9.88 Å². The Bertz CT molecular complexity index is 1630. The van der Waals surface area contributed by atoms with Gasteiger partial charge in [-0.15, -0.1) is 11.3 Å². The fourth-order valence-electron chi connectivity index (χ4n) is 4.36. The van der Waals surface area contributed by atoms with Crippen molar-refractivity contribution in [3.8, 4) is 22.0 Å². The molecular formula is C29H29FN6S. The number of allylic oxidation sites excluding steroid dienone is 5. The van der Waals surface area contributed by atoms with Crippen molar-refractivity contribution in [2.75, 3.05) is 20.6 Å². The molecule has 37 heavy (non-hydrogen) atoms. The largest absolute Gasteiger partial charge is 0.336 e. The van der Waals surface area contributed by atoms with Crippen molar-refractivity contribution in [3.63, 3.8) is 0 Å².